The lowest BCUT2D eigenvalue weighted by Gasteiger charge is -2.50. The molecule has 8 aliphatic carbocycles. The fraction of sp³-hybridized carbons (Fsp3) is 0.500. The second-order valence-electron chi connectivity index (χ2n) is 10.3. The summed E-state index contributed by atoms with van der Waals surface area (Å²) in [5.74, 6) is 15.7. The molecule has 0 spiro atoms. The van der Waals surface area contributed by atoms with E-state index in [-0.39, 0.29) is 35.5 Å². The van der Waals surface area contributed by atoms with E-state index < -0.39 is 45.5 Å². The van der Waals surface area contributed by atoms with Crippen LogP contribution in [0.3, 0.4) is 0 Å². The molecule has 0 unspecified atom stereocenters. The van der Waals surface area contributed by atoms with Gasteiger partial charge in [-0.25, -0.2) is 0 Å². The Hall–Kier alpha value is -3.74. The van der Waals surface area contributed by atoms with Crippen molar-refractivity contribution >= 4 is 34.7 Å². The molecule has 8 saturated carbocycles. The van der Waals surface area contributed by atoms with Crippen molar-refractivity contribution in [3.05, 3.63) is 0 Å². The van der Waals surface area contributed by atoms with Gasteiger partial charge in [-0.15, -0.1) is 0 Å². The molecule has 0 atom stereocenters. The van der Waals surface area contributed by atoms with Crippen LogP contribution >= 0.6 is 0 Å². The summed E-state index contributed by atoms with van der Waals surface area (Å²) in [6.07, 6.45) is 3.07. The average molecular weight is 450 g/mol. The van der Waals surface area contributed by atoms with Crippen LogP contribution in [0.1, 0.15) is 38.5 Å². The molecule has 0 aromatic carbocycles. The second-order valence-corrected chi connectivity index (χ2v) is 10.3. The summed E-state index contributed by atoms with van der Waals surface area (Å²) >= 11 is 0. The Morgan fingerprint density at radius 1 is 0.382 bits per heavy atom. The van der Waals surface area contributed by atoms with Crippen LogP contribution < -0.4 is 0 Å². The SMILES string of the molecule is O=C1C2CC3CC(C2)C(=O)C1(C#CC#CC#CC#CC12C(=O)C4CC(CC(C4)C1=O)C2=O)C3=O. The Balaban J connectivity index is 1.23. The fourth-order valence-electron chi connectivity index (χ4n) is 7.23. The Morgan fingerprint density at radius 2 is 0.588 bits per heavy atom. The van der Waals surface area contributed by atoms with Crippen molar-refractivity contribution in [2.45, 2.75) is 38.5 Å². The normalized spacial score (nSPS) is 42.2. The standard InChI is InChI=1S/C28H18O6/c29-21-15-9-16-11-17(10-15)23(31)27(21,22(16)30)7-5-3-1-2-4-6-8-28-24(32)18-12-19(25(28)33)14-20(13-18)26(28)34/h15-20H,9-14H2. The Morgan fingerprint density at radius 3 is 0.824 bits per heavy atom. The highest BCUT2D eigenvalue weighted by Crippen LogP contribution is 2.55. The smallest absolute Gasteiger partial charge is 0.207 e. The molecule has 6 heteroatoms. The molecule has 0 saturated heterocycles. The lowest BCUT2D eigenvalue weighted by Crippen LogP contribution is -2.64. The highest BCUT2D eigenvalue weighted by Gasteiger charge is 2.68. The summed E-state index contributed by atoms with van der Waals surface area (Å²) in [7, 11) is 0. The van der Waals surface area contributed by atoms with E-state index >= 15 is 0 Å². The van der Waals surface area contributed by atoms with Gasteiger partial charge in [0, 0.05) is 35.5 Å². The van der Waals surface area contributed by atoms with E-state index in [1.54, 1.807) is 0 Å². The van der Waals surface area contributed by atoms with Crippen LogP contribution in [0.2, 0.25) is 0 Å². The van der Waals surface area contributed by atoms with E-state index in [4.69, 9.17) is 0 Å². The topological polar surface area (TPSA) is 102 Å². The number of carbonyl (C=O) groups is 6. The third-order valence-electron chi connectivity index (χ3n) is 8.67. The van der Waals surface area contributed by atoms with Crippen molar-refractivity contribution in [2.24, 2.45) is 46.3 Å². The van der Waals surface area contributed by atoms with Crippen LogP contribution in [0, 0.1) is 93.7 Å². The van der Waals surface area contributed by atoms with Gasteiger partial charge in [0.05, 0.1) is 0 Å². The molecular weight excluding hydrogens is 432 g/mol. The number of hydrogen-bond acceptors (Lipinski definition) is 6. The first-order valence-corrected chi connectivity index (χ1v) is 11.6. The summed E-state index contributed by atoms with van der Waals surface area (Å²) in [6, 6.07) is 0. The number of hydrogen-bond donors (Lipinski definition) is 0. The minimum atomic E-state index is -1.86. The fourth-order valence-corrected chi connectivity index (χ4v) is 7.23. The van der Waals surface area contributed by atoms with Gasteiger partial charge < -0.3 is 0 Å². The molecule has 34 heavy (non-hydrogen) atoms. The van der Waals surface area contributed by atoms with Crippen molar-refractivity contribution in [1.29, 1.82) is 0 Å². The molecule has 8 bridgehead atoms. The summed E-state index contributed by atoms with van der Waals surface area (Å²) in [4.78, 5) is 76.5. The number of Topliss-reactive ketones (excluding diaryl/α,β-unsaturated/α-hetero) is 6. The quantitative estimate of drug-likeness (QED) is 0.394. The minimum absolute atomic E-state index is 0.283. The summed E-state index contributed by atoms with van der Waals surface area (Å²) in [6.45, 7) is 0. The molecule has 0 amide bonds. The van der Waals surface area contributed by atoms with Crippen LogP contribution in [0.25, 0.3) is 0 Å². The zero-order valence-corrected chi connectivity index (χ0v) is 18.2. The lowest BCUT2D eigenvalue weighted by atomic mass is 9.48. The molecule has 8 aliphatic rings. The van der Waals surface area contributed by atoms with Crippen LogP contribution in [0.15, 0.2) is 0 Å². The molecule has 8 fully saturated rings. The van der Waals surface area contributed by atoms with E-state index in [0.717, 1.165) is 0 Å². The van der Waals surface area contributed by atoms with Gasteiger partial charge in [-0.2, -0.15) is 0 Å². The maximum absolute atomic E-state index is 12.7. The van der Waals surface area contributed by atoms with Gasteiger partial charge in [0.2, 0.25) is 10.8 Å². The van der Waals surface area contributed by atoms with Gasteiger partial charge in [-0.05, 0) is 74.0 Å². The lowest BCUT2D eigenvalue weighted by molar-refractivity contribution is -0.168. The first-order valence-electron chi connectivity index (χ1n) is 11.6. The molecule has 0 aromatic rings. The van der Waals surface area contributed by atoms with E-state index in [9.17, 15) is 28.8 Å². The highest BCUT2D eigenvalue weighted by molar-refractivity contribution is 6.33. The predicted molar refractivity (Wildman–Crippen MR) is 115 cm³/mol. The summed E-state index contributed by atoms with van der Waals surface area (Å²) < 4.78 is 0. The van der Waals surface area contributed by atoms with Crippen molar-refractivity contribution in [1.82, 2.24) is 0 Å². The van der Waals surface area contributed by atoms with Crippen molar-refractivity contribution in [3.63, 3.8) is 0 Å². The maximum Gasteiger partial charge on any atom is 0.207 e. The first-order chi connectivity index (χ1) is 16.3. The summed E-state index contributed by atoms with van der Waals surface area (Å²) in [5, 5.41) is 0. The Kier molecular flexibility index (Phi) is 4.22. The van der Waals surface area contributed by atoms with Gasteiger partial charge in [0.15, 0.2) is 34.7 Å². The van der Waals surface area contributed by atoms with Gasteiger partial charge in [0.25, 0.3) is 0 Å². The van der Waals surface area contributed by atoms with Gasteiger partial charge in [-0.3, -0.25) is 28.8 Å². The number of rotatable bonds is 0. The van der Waals surface area contributed by atoms with Crippen molar-refractivity contribution in [2.75, 3.05) is 0 Å². The van der Waals surface area contributed by atoms with Crippen LogP contribution in [-0.2, 0) is 28.8 Å². The van der Waals surface area contributed by atoms with E-state index in [1.807, 2.05) is 0 Å². The molecule has 0 aromatic heterocycles. The van der Waals surface area contributed by atoms with Gasteiger partial charge in [0.1, 0.15) is 0 Å². The molecule has 8 rings (SSSR count). The Labute approximate surface area is 196 Å². The van der Waals surface area contributed by atoms with E-state index in [1.165, 1.54) is 0 Å². The van der Waals surface area contributed by atoms with Crippen molar-refractivity contribution in [3.8, 4) is 47.4 Å². The minimum Gasteiger partial charge on any atom is -0.297 e. The number of carbonyl (C=O) groups excluding carboxylic acids is 6. The zero-order chi connectivity index (χ0) is 23.8. The molecule has 0 heterocycles. The molecule has 6 nitrogen and oxygen atoms in total. The Bertz CT molecular complexity index is 1170. The zero-order valence-electron chi connectivity index (χ0n) is 18.2. The maximum atomic E-state index is 12.7. The molecule has 0 radical (unpaired) electrons. The molecule has 166 valence electrons. The van der Waals surface area contributed by atoms with E-state index in [2.05, 4.69) is 47.4 Å². The van der Waals surface area contributed by atoms with Gasteiger partial charge in [-0.1, -0.05) is 11.8 Å². The first kappa shape index (κ1) is 20.8. The van der Waals surface area contributed by atoms with Crippen LogP contribution in [-0.4, -0.2) is 34.7 Å². The van der Waals surface area contributed by atoms with Crippen molar-refractivity contribution < 1.29 is 28.8 Å². The average Bonchev–Trinajstić information content (AvgIpc) is 2.84. The van der Waals surface area contributed by atoms with Crippen LogP contribution in [0.4, 0.5) is 0 Å². The van der Waals surface area contributed by atoms with Gasteiger partial charge >= 0.3 is 0 Å². The predicted octanol–water partition coefficient (Wildman–Crippen LogP) is 0.507. The molecular formula is C28H18O6. The molecule has 0 N–H and O–H groups in total. The number of ketones is 6. The highest BCUT2D eigenvalue weighted by atomic mass is 16.2. The second kappa shape index (κ2) is 6.88. The molecule has 0 aliphatic heterocycles. The van der Waals surface area contributed by atoms with Crippen LogP contribution in [0.5, 0.6) is 0 Å². The van der Waals surface area contributed by atoms with E-state index in [0.29, 0.717) is 38.5 Å². The summed E-state index contributed by atoms with van der Waals surface area (Å²) in [5.41, 5.74) is -3.73. The third-order valence-corrected chi connectivity index (χ3v) is 8.67. The monoisotopic (exact) mass is 450 g/mol. The third kappa shape index (κ3) is 2.41. The largest absolute Gasteiger partial charge is 0.297 e.